The minimum Gasteiger partial charge on any atom is -0.481 e. The van der Waals surface area contributed by atoms with Gasteiger partial charge in [-0.3, -0.25) is 20.1 Å². The van der Waals surface area contributed by atoms with Gasteiger partial charge in [0, 0.05) is 0 Å². The summed E-state index contributed by atoms with van der Waals surface area (Å²) in [6, 6.07) is -1.29. The molecule has 1 unspecified atom stereocenters. The third kappa shape index (κ3) is 8.82. The first-order valence-electron chi connectivity index (χ1n) is 2.44. The molecular weight excluding hydrogens is 158 g/mol. The second-order valence-corrected chi connectivity index (χ2v) is 1.54. The molecule has 0 fully saturated rings. The van der Waals surface area contributed by atoms with Gasteiger partial charge in [-0.05, 0) is 0 Å². The number of carboxylic acid groups (broad SMARTS) is 2. The molecule has 0 aliphatic carbocycles. The zero-order valence-corrected chi connectivity index (χ0v) is 5.47. The third-order valence-electron chi connectivity index (χ3n) is 0.712. The van der Waals surface area contributed by atoms with Crippen molar-refractivity contribution in [2.24, 2.45) is 5.73 Å². The van der Waals surface area contributed by atoms with Crippen molar-refractivity contribution in [2.45, 2.75) is 12.5 Å². The average Bonchev–Trinajstić information content (AvgIpc) is 1.90. The first-order chi connectivity index (χ1) is 5.04. The van der Waals surface area contributed by atoms with Crippen LogP contribution in [0.25, 0.3) is 0 Å². The summed E-state index contributed by atoms with van der Waals surface area (Å²) in [4.78, 5) is 19.6. The highest BCUT2D eigenvalue weighted by atomic mass is 17.0. The Kier molecular flexibility index (Phi) is 7.87. The maximum atomic E-state index is 9.85. The van der Waals surface area contributed by atoms with Gasteiger partial charge in [-0.1, -0.05) is 0 Å². The minimum atomic E-state index is -1.29. The van der Waals surface area contributed by atoms with Gasteiger partial charge in [0.25, 0.3) is 0 Å². The van der Waals surface area contributed by atoms with Crippen LogP contribution in [0.3, 0.4) is 0 Å². The summed E-state index contributed by atoms with van der Waals surface area (Å²) in [6.07, 6.45) is -0.532. The standard InChI is InChI=1S/C4H7NO4.H2O2/c5-2(4(8)9)1-3(6)7;1-2/h2H,1,5H2,(H,6,7)(H,8,9);1-2H. The van der Waals surface area contributed by atoms with E-state index in [0.717, 1.165) is 0 Å². The number of hydrogen-bond donors (Lipinski definition) is 5. The molecule has 1 atom stereocenters. The maximum absolute atomic E-state index is 9.85. The Balaban J connectivity index is 0. The van der Waals surface area contributed by atoms with E-state index in [1.54, 1.807) is 0 Å². The largest absolute Gasteiger partial charge is 0.481 e. The van der Waals surface area contributed by atoms with E-state index in [1.165, 1.54) is 0 Å². The maximum Gasteiger partial charge on any atom is 0.321 e. The summed E-state index contributed by atoms with van der Waals surface area (Å²) in [5, 5.41) is 28.0. The van der Waals surface area contributed by atoms with Gasteiger partial charge in [-0.25, -0.2) is 0 Å². The van der Waals surface area contributed by atoms with E-state index in [1.807, 2.05) is 0 Å². The lowest BCUT2D eigenvalue weighted by atomic mass is 10.2. The van der Waals surface area contributed by atoms with E-state index in [0.29, 0.717) is 0 Å². The van der Waals surface area contributed by atoms with Gasteiger partial charge in [0.05, 0.1) is 6.42 Å². The highest BCUT2D eigenvalue weighted by Gasteiger charge is 2.14. The Labute approximate surface area is 61.6 Å². The molecule has 0 rings (SSSR count). The van der Waals surface area contributed by atoms with E-state index < -0.39 is 24.4 Å². The van der Waals surface area contributed by atoms with Crippen LogP contribution in [0.15, 0.2) is 0 Å². The molecule has 0 saturated heterocycles. The third-order valence-corrected chi connectivity index (χ3v) is 0.712. The lowest BCUT2D eigenvalue weighted by molar-refractivity contribution is -0.176. The molecule has 0 aromatic heterocycles. The fraction of sp³-hybridized carbons (Fsp3) is 0.500. The summed E-state index contributed by atoms with van der Waals surface area (Å²) in [6.45, 7) is 0. The molecule has 0 aromatic rings. The predicted octanol–water partition coefficient (Wildman–Crippen LogP) is -1.11. The van der Waals surface area contributed by atoms with E-state index in [4.69, 9.17) is 26.5 Å². The Hall–Kier alpha value is -1.18. The molecule has 6 N–H and O–H groups in total. The molecule has 0 aromatic carbocycles. The van der Waals surface area contributed by atoms with Crippen molar-refractivity contribution in [1.29, 1.82) is 0 Å². The van der Waals surface area contributed by atoms with Crippen LogP contribution in [0.2, 0.25) is 0 Å². The molecule has 0 spiro atoms. The zero-order valence-electron chi connectivity index (χ0n) is 5.47. The highest BCUT2D eigenvalue weighted by Crippen LogP contribution is 1.86. The van der Waals surface area contributed by atoms with E-state index >= 15 is 0 Å². The molecule has 0 amide bonds. The van der Waals surface area contributed by atoms with Crippen molar-refractivity contribution in [3.8, 4) is 0 Å². The van der Waals surface area contributed by atoms with Crippen LogP contribution in [0.5, 0.6) is 0 Å². The SMILES string of the molecule is NC(CC(=O)O)C(=O)O.OO. The van der Waals surface area contributed by atoms with Crippen molar-refractivity contribution in [3.05, 3.63) is 0 Å². The number of aliphatic carboxylic acids is 2. The number of carboxylic acids is 2. The quantitative estimate of drug-likeness (QED) is 0.265. The van der Waals surface area contributed by atoms with Gasteiger partial charge in [-0.2, -0.15) is 0 Å². The highest BCUT2D eigenvalue weighted by molar-refractivity contribution is 5.80. The van der Waals surface area contributed by atoms with Gasteiger partial charge in [0.15, 0.2) is 0 Å². The number of rotatable bonds is 3. The lowest BCUT2D eigenvalue weighted by Crippen LogP contribution is -2.32. The predicted molar refractivity (Wildman–Crippen MR) is 33.1 cm³/mol. The fourth-order valence-corrected chi connectivity index (χ4v) is 0.275. The molecule has 0 aliphatic heterocycles. The second kappa shape index (κ2) is 6.93. The van der Waals surface area contributed by atoms with E-state index in [2.05, 4.69) is 0 Å². The van der Waals surface area contributed by atoms with Gasteiger partial charge < -0.3 is 15.9 Å². The Morgan fingerprint density at radius 3 is 1.73 bits per heavy atom. The summed E-state index contributed by atoms with van der Waals surface area (Å²) in [5.41, 5.74) is 4.84. The molecule has 0 heterocycles. The minimum absolute atomic E-state index is 0.532. The molecule has 0 bridgehead atoms. The van der Waals surface area contributed by atoms with Crippen LogP contribution < -0.4 is 5.73 Å². The first kappa shape index (κ1) is 12.5. The fourth-order valence-electron chi connectivity index (χ4n) is 0.275. The topological polar surface area (TPSA) is 141 Å². The van der Waals surface area contributed by atoms with Crippen molar-refractivity contribution in [1.82, 2.24) is 0 Å². The molecule has 0 aliphatic rings. The van der Waals surface area contributed by atoms with E-state index in [9.17, 15) is 9.59 Å². The zero-order chi connectivity index (χ0) is 9.44. The number of carbonyl (C=O) groups is 2. The summed E-state index contributed by atoms with van der Waals surface area (Å²) < 4.78 is 0. The Bertz CT molecular complexity index is 135. The Morgan fingerprint density at radius 1 is 1.27 bits per heavy atom. The summed E-state index contributed by atoms with van der Waals surface area (Å²) in [7, 11) is 0. The van der Waals surface area contributed by atoms with Gasteiger partial charge in [0.1, 0.15) is 6.04 Å². The first-order valence-corrected chi connectivity index (χ1v) is 2.44. The van der Waals surface area contributed by atoms with Crippen LogP contribution in [-0.4, -0.2) is 38.7 Å². The molecule has 0 radical (unpaired) electrons. The molecule has 66 valence electrons. The lowest BCUT2D eigenvalue weighted by Gasteiger charge is -1.99. The molecule has 0 saturated carbocycles. The number of nitrogens with two attached hydrogens (primary N) is 1. The molecular formula is C4H9NO6. The van der Waals surface area contributed by atoms with Crippen LogP contribution in [0.1, 0.15) is 6.42 Å². The Morgan fingerprint density at radius 2 is 1.64 bits per heavy atom. The number of hydrogen-bond acceptors (Lipinski definition) is 5. The summed E-state index contributed by atoms with van der Waals surface area (Å²) in [5.74, 6) is -2.50. The van der Waals surface area contributed by atoms with Crippen molar-refractivity contribution in [2.75, 3.05) is 0 Å². The van der Waals surface area contributed by atoms with Crippen molar-refractivity contribution in [3.63, 3.8) is 0 Å². The van der Waals surface area contributed by atoms with Crippen molar-refractivity contribution >= 4 is 11.9 Å². The smallest absolute Gasteiger partial charge is 0.321 e. The van der Waals surface area contributed by atoms with Gasteiger partial charge >= 0.3 is 11.9 Å². The monoisotopic (exact) mass is 167 g/mol. The van der Waals surface area contributed by atoms with Crippen LogP contribution in [0.4, 0.5) is 0 Å². The molecule has 11 heavy (non-hydrogen) atoms. The normalized spacial score (nSPS) is 10.8. The summed E-state index contributed by atoms with van der Waals surface area (Å²) >= 11 is 0. The molecule has 7 heteroatoms. The van der Waals surface area contributed by atoms with E-state index in [-0.39, 0.29) is 0 Å². The van der Waals surface area contributed by atoms with Crippen molar-refractivity contribution < 1.29 is 30.3 Å². The molecule has 7 nitrogen and oxygen atoms in total. The van der Waals surface area contributed by atoms with Crippen LogP contribution in [0, 0.1) is 0 Å². The van der Waals surface area contributed by atoms with Crippen LogP contribution >= 0.6 is 0 Å². The van der Waals surface area contributed by atoms with Gasteiger partial charge in [0.2, 0.25) is 0 Å². The van der Waals surface area contributed by atoms with Gasteiger partial charge in [-0.15, -0.1) is 0 Å². The van der Waals surface area contributed by atoms with Crippen LogP contribution in [-0.2, 0) is 9.59 Å². The average molecular weight is 167 g/mol. The second-order valence-electron chi connectivity index (χ2n) is 1.54.